The number of nitrogens with one attached hydrogen (secondary N) is 1. The highest BCUT2D eigenvalue weighted by Gasteiger charge is 2.28. The Hall–Kier alpha value is -2.93. The summed E-state index contributed by atoms with van der Waals surface area (Å²) in [5.41, 5.74) is 2.63. The lowest BCUT2D eigenvalue weighted by Crippen LogP contribution is -2.28. The minimum atomic E-state index is -0.434. The molecule has 1 aliphatic heterocycles. The van der Waals surface area contributed by atoms with Gasteiger partial charge in [0, 0.05) is 25.6 Å². The van der Waals surface area contributed by atoms with E-state index in [4.69, 9.17) is 4.98 Å². The molecule has 1 unspecified atom stereocenters. The van der Waals surface area contributed by atoms with Crippen LogP contribution in [0, 0.1) is 5.82 Å². The quantitative estimate of drug-likeness (QED) is 0.472. The summed E-state index contributed by atoms with van der Waals surface area (Å²) in [6, 6.07) is 8.81. The zero-order valence-electron chi connectivity index (χ0n) is 20.6. The molecule has 0 radical (unpaired) electrons. The number of fused-ring (bicyclic) bond motifs is 2. The van der Waals surface area contributed by atoms with E-state index in [1.807, 2.05) is 12.1 Å². The third kappa shape index (κ3) is 4.80. The fraction of sp³-hybridized carbons (Fsp3) is 0.481. The van der Waals surface area contributed by atoms with Crippen molar-refractivity contribution in [2.24, 2.45) is 0 Å². The van der Waals surface area contributed by atoms with Crippen molar-refractivity contribution in [1.29, 1.82) is 0 Å². The first-order chi connectivity index (χ1) is 16.3. The van der Waals surface area contributed by atoms with E-state index in [9.17, 15) is 14.3 Å². The molecule has 4 rings (SSSR count). The summed E-state index contributed by atoms with van der Waals surface area (Å²) in [5.74, 6) is 0.933. The van der Waals surface area contributed by atoms with Crippen molar-refractivity contribution in [3.63, 3.8) is 0 Å². The minimum absolute atomic E-state index is 0.0250. The van der Waals surface area contributed by atoms with Gasteiger partial charge in [0.1, 0.15) is 17.4 Å². The van der Waals surface area contributed by atoms with Gasteiger partial charge in [-0.1, -0.05) is 39.8 Å². The van der Waals surface area contributed by atoms with Crippen LogP contribution in [0.3, 0.4) is 0 Å². The lowest BCUT2D eigenvalue weighted by Gasteiger charge is -2.19. The molecule has 7 heteroatoms. The van der Waals surface area contributed by atoms with E-state index < -0.39 is 5.82 Å². The molecule has 0 saturated carbocycles. The Morgan fingerprint density at radius 2 is 2.00 bits per heavy atom. The second kappa shape index (κ2) is 10.1. The zero-order chi connectivity index (χ0) is 24.4. The van der Waals surface area contributed by atoms with E-state index in [-0.39, 0.29) is 17.2 Å². The normalized spacial score (nSPS) is 15.4. The second-order valence-electron chi connectivity index (χ2n) is 9.46. The van der Waals surface area contributed by atoms with E-state index in [1.54, 1.807) is 10.6 Å². The van der Waals surface area contributed by atoms with Crippen LogP contribution in [0.2, 0.25) is 0 Å². The number of phenolic OH excluding ortho intramolecular Hbond substituents is 1. The van der Waals surface area contributed by atoms with E-state index in [2.05, 4.69) is 44.0 Å². The van der Waals surface area contributed by atoms with Gasteiger partial charge in [-0.3, -0.25) is 9.36 Å². The monoisotopic (exact) mass is 466 g/mol. The van der Waals surface area contributed by atoms with Crippen molar-refractivity contribution in [2.75, 3.05) is 31.5 Å². The molecule has 34 heavy (non-hydrogen) atoms. The highest BCUT2D eigenvalue weighted by molar-refractivity contribution is 5.82. The molecular weight excluding hydrogens is 431 g/mol. The first kappa shape index (κ1) is 24.2. The Bertz CT molecular complexity index is 1230. The molecule has 1 aromatic heterocycles. The topological polar surface area (TPSA) is 70.4 Å². The average Bonchev–Trinajstić information content (AvgIpc) is 3.21. The number of aromatic hydroxyl groups is 1. The first-order valence-electron chi connectivity index (χ1n) is 12.3. The van der Waals surface area contributed by atoms with Crippen LogP contribution in [0.25, 0.3) is 10.9 Å². The fourth-order valence-electron chi connectivity index (χ4n) is 4.80. The number of hydrogen-bond donors (Lipinski definition) is 2. The maximum absolute atomic E-state index is 14.8. The van der Waals surface area contributed by atoms with Crippen LogP contribution in [-0.4, -0.2) is 45.7 Å². The van der Waals surface area contributed by atoms with Gasteiger partial charge < -0.3 is 15.3 Å². The number of likely N-dealkylation sites (N-methyl/N-ethyl adjacent to an activating group) is 1. The fourth-order valence-corrected chi connectivity index (χ4v) is 4.80. The summed E-state index contributed by atoms with van der Waals surface area (Å²) < 4.78 is 16.4. The van der Waals surface area contributed by atoms with Gasteiger partial charge in [-0.25, -0.2) is 9.37 Å². The molecule has 6 nitrogen and oxygen atoms in total. The van der Waals surface area contributed by atoms with Gasteiger partial charge in [0.25, 0.3) is 5.56 Å². The van der Waals surface area contributed by atoms with Crippen LogP contribution in [0.4, 0.5) is 10.1 Å². The minimum Gasteiger partial charge on any atom is -0.508 e. The molecule has 0 saturated heterocycles. The molecule has 2 aromatic carbocycles. The standard InChI is InChI=1S/C27H35FN4O2/c1-5-31(6-2)12-10-29-24-16-23-21(15-22(24)28)27(34)32-11-9-20(26(32)30-23)13-19-8-7-18(17(3)4)14-25(19)33/h7-8,14-17,20,29,33H,5-6,9-13H2,1-4H3. The van der Waals surface area contributed by atoms with Gasteiger partial charge in [0.2, 0.25) is 0 Å². The predicted octanol–water partition coefficient (Wildman–Crippen LogP) is 4.85. The summed E-state index contributed by atoms with van der Waals surface area (Å²) in [7, 11) is 0. The number of hydrogen-bond acceptors (Lipinski definition) is 5. The number of aromatic nitrogens is 2. The summed E-state index contributed by atoms with van der Waals surface area (Å²) in [5, 5.41) is 14.0. The average molecular weight is 467 g/mol. The molecule has 0 bridgehead atoms. The summed E-state index contributed by atoms with van der Waals surface area (Å²) >= 11 is 0. The second-order valence-corrected chi connectivity index (χ2v) is 9.46. The number of phenols is 1. The van der Waals surface area contributed by atoms with Crippen molar-refractivity contribution < 1.29 is 9.50 Å². The van der Waals surface area contributed by atoms with Crippen LogP contribution >= 0.6 is 0 Å². The number of rotatable bonds is 9. The molecule has 182 valence electrons. The lowest BCUT2D eigenvalue weighted by molar-refractivity contribution is 0.316. The van der Waals surface area contributed by atoms with Crippen molar-refractivity contribution in [1.82, 2.24) is 14.5 Å². The molecule has 0 fully saturated rings. The van der Waals surface area contributed by atoms with Gasteiger partial charge in [-0.05, 0) is 61.2 Å². The maximum Gasteiger partial charge on any atom is 0.261 e. The predicted molar refractivity (Wildman–Crippen MR) is 135 cm³/mol. The van der Waals surface area contributed by atoms with E-state index >= 15 is 0 Å². The smallest absolute Gasteiger partial charge is 0.261 e. The molecule has 1 atom stereocenters. The third-order valence-electron chi connectivity index (χ3n) is 7.02. The van der Waals surface area contributed by atoms with Crippen molar-refractivity contribution in [3.8, 4) is 5.75 Å². The molecule has 3 aromatic rings. The Labute approximate surface area is 200 Å². The summed E-state index contributed by atoms with van der Waals surface area (Å²) in [6.07, 6.45) is 1.37. The highest BCUT2D eigenvalue weighted by atomic mass is 19.1. The summed E-state index contributed by atoms with van der Waals surface area (Å²) in [6.45, 7) is 12.3. The first-order valence-corrected chi connectivity index (χ1v) is 12.3. The molecular formula is C27H35FN4O2. The molecule has 2 N–H and O–H groups in total. The van der Waals surface area contributed by atoms with Crippen molar-refractivity contribution in [3.05, 3.63) is 63.5 Å². The Kier molecular flexibility index (Phi) is 7.22. The Morgan fingerprint density at radius 1 is 1.24 bits per heavy atom. The van der Waals surface area contributed by atoms with E-state index in [0.29, 0.717) is 47.8 Å². The maximum atomic E-state index is 14.8. The van der Waals surface area contributed by atoms with Crippen molar-refractivity contribution in [2.45, 2.75) is 58.9 Å². The zero-order valence-corrected chi connectivity index (χ0v) is 20.6. The molecule has 1 aliphatic rings. The van der Waals surface area contributed by atoms with Gasteiger partial charge in [-0.15, -0.1) is 0 Å². The van der Waals surface area contributed by atoms with Crippen LogP contribution in [0.1, 0.15) is 62.9 Å². The van der Waals surface area contributed by atoms with Gasteiger partial charge in [-0.2, -0.15) is 0 Å². The van der Waals surface area contributed by atoms with Crippen LogP contribution in [0.15, 0.2) is 35.1 Å². The number of halogens is 1. The van der Waals surface area contributed by atoms with Gasteiger partial charge >= 0.3 is 0 Å². The van der Waals surface area contributed by atoms with Crippen LogP contribution in [-0.2, 0) is 13.0 Å². The molecule has 2 heterocycles. The van der Waals surface area contributed by atoms with Crippen LogP contribution < -0.4 is 10.9 Å². The molecule has 0 aliphatic carbocycles. The Balaban J connectivity index is 1.61. The van der Waals surface area contributed by atoms with Gasteiger partial charge in [0.05, 0.1) is 16.6 Å². The van der Waals surface area contributed by atoms with Crippen LogP contribution in [0.5, 0.6) is 5.75 Å². The van der Waals surface area contributed by atoms with E-state index in [0.717, 1.165) is 37.2 Å². The lowest BCUT2D eigenvalue weighted by atomic mass is 9.94. The number of nitrogens with zero attached hydrogens (tertiary/aromatic N) is 3. The van der Waals surface area contributed by atoms with Gasteiger partial charge in [0.15, 0.2) is 0 Å². The van der Waals surface area contributed by atoms with Crippen molar-refractivity contribution >= 4 is 16.6 Å². The molecule has 0 amide bonds. The Morgan fingerprint density at radius 3 is 2.68 bits per heavy atom. The third-order valence-corrected chi connectivity index (χ3v) is 7.02. The largest absolute Gasteiger partial charge is 0.508 e. The summed E-state index contributed by atoms with van der Waals surface area (Å²) in [4.78, 5) is 20.2. The number of benzene rings is 2. The van der Waals surface area contributed by atoms with E-state index in [1.165, 1.54) is 6.07 Å². The SMILES string of the molecule is CCN(CC)CCNc1cc2nc3n(c(=O)c2cc1F)CCC3Cc1ccc(C(C)C)cc1O. The highest BCUT2D eigenvalue weighted by Crippen LogP contribution is 2.34. The number of anilines is 1. The molecule has 0 spiro atoms.